The second kappa shape index (κ2) is 8.35. The van der Waals surface area contributed by atoms with Gasteiger partial charge < -0.3 is 20.1 Å². The predicted molar refractivity (Wildman–Crippen MR) is 99.5 cm³/mol. The van der Waals surface area contributed by atoms with Crippen LogP contribution in [0.2, 0.25) is 0 Å². The average molecular weight is 372 g/mol. The molecule has 0 spiro atoms. The van der Waals surface area contributed by atoms with Gasteiger partial charge in [0.25, 0.3) is 5.91 Å². The van der Waals surface area contributed by atoms with Gasteiger partial charge in [0.05, 0.1) is 24.8 Å². The fraction of sp³-hybridized carbons (Fsp3) is 0.450. The van der Waals surface area contributed by atoms with Crippen molar-refractivity contribution in [3.63, 3.8) is 0 Å². The zero-order valence-electron chi connectivity index (χ0n) is 15.1. The second-order valence-corrected chi connectivity index (χ2v) is 6.88. The van der Waals surface area contributed by atoms with Gasteiger partial charge in [-0.3, -0.25) is 14.4 Å². The third-order valence-corrected chi connectivity index (χ3v) is 5.17. The van der Waals surface area contributed by atoms with Crippen molar-refractivity contribution in [1.82, 2.24) is 4.90 Å². The molecule has 1 heterocycles. The number of nitrogens with one attached hydrogen (secondary N) is 1. The third kappa shape index (κ3) is 4.19. The van der Waals surface area contributed by atoms with Crippen LogP contribution >= 0.6 is 0 Å². The van der Waals surface area contributed by atoms with Crippen LogP contribution in [-0.2, 0) is 14.3 Å². The summed E-state index contributed by atoms with van der Waals surface area (Å²) < 4.78 is 5.54. The molecule has 1 saturated heterocycles. The fourth-order valence-electron chi connectivity index (χ4n) is 3.76. The van der Waals surface area contributed by atoms with E-state index >= 15 is 0 Å². The summed E-state index contributed by atoms with van der Waals surface area (Å²) in [5.41, 5.74) is 0.478. The van der Waals surface area contributed by atoms with Crippen molar-refractivity contribution in [3.05, 3.63) is 36.4 Å². The van der Waals surface area contributed by atoms with E-state index < -0.39 is 5.91 Å². The van der Waals surface area contributed by atoms with Gasteiger partial charge in [-0.15, -0.1) is 0 Å². The van der Waals surface area contributed by atoms with Crippen molar-refractivity contribution in [3.8, 4) is 5.75 Å². The molecule has 2 amide bonds. The summed E-state index contributed by atoms with van der Waals surface area (Å²) >= 11 is 0. The van der Waals surface area contributed by atoms with Crippen LogP contribution in [0.15, 0.2) is 30.9 Å². The minimum atomic E-state index is -0.406. The van der Waals surface area contributed by atoms with E-state index in [-0.39, 0.29) is 35.0 Å². The summed E-state index contributed by atoms with van der Waals surface area (Å²) in [5, 5.41) is 12.8. The Bertz CT molecular complexity index is 761. The molecule has 2 unspecified atom stereocenters. The summed E-state index contributed by atoms with van der Waals surface area (Å²) in [6.07, 6.45) is 4.27. The van der Waals surface area contributed by atoms with Crippen LogP contribution in [0.1, 0.15) is 36.0 Å². The Kier molecular flexibility index (Phi) is 5.91. The minimum absolute atomic E-state index is 0.0898. The van der Waals surface area contributed by atoms with Crippen molar-refractivity contribution in [2.24, 2.45) is 5.92 Å². The first-order chi connectivity index (χ1) is 13.0. The van der Waals surface area contributed by atoms with Gasteiger partial charge in [-0.25, -0.2) is 0 Å². The number of morpholine rings is 1. The van der Waals surface area contributed by atoms with Crippen LogP contribution in [-0.4, -0.2) is 53.4 Å². The molecule has 1 aliphatic carbocycles. The van der Waals surface area contributed by atoms with Crippen molar-refractivity contribution in [2.45, 2.75) is 31.7 Å². The molecule has 2 aliphatic rings. The normalized spacial score (nSPS) is 23.0. The summed E-state index contributed by atoms with van der Waals surface area (Å²) in [6, 6.07) is 3.99. The molecule has 2 N–H and O–H groups in total. The van der Waals surface area contributed by atoms with E-state index in [1.54, 1.807) is 4.90 Å². The number of ketones is 1. The van der Waals surface area contributed by atoms with E-state index in [0.29, 0.717) is 31.9 Å². The molecule has 1 aromatic rings. The molecular formula is C20H24N2O5. The summed E-state index contributed by atoms with van der Waals surface area (Å²) in [6.45, 7) is 4.45. The van der Waals surface area contributed by atoms with Crippen molar-refractivity contribution in [2.75, 3.05) is 25.1 Å². The number of rotatable bonds is 4. The largest absolute Gasteiger partial charge is 0.507 e. The molecule has 7 heteroatoms. The molecule has 1 saturated carbocycles. The number of anilines is 1. The number of benzene rings is 1. The van der Waals surface area contributed by atoms with Gasteiger partial charge in [0.1, 0.15) is 11.5 Å². The van der Waals surface area contributed by atoms with Crippen molar-refractivity contribution < 1.29 is 24.2 Å². The Labute approximate surface area is 158 Å². The number of nitrogens with zero attached hydrogens (tertiary/aromatic N) is 1. The van der Waals surface area contributed by atoms with Crippen LogP contribution in [0.5, 0.6) is 5.75 Å². The van der Waals surface area contributed by atoms with Gasteiger partial charge >= 0.3 is 0 Å². The molecule has 7 nitrogen and oxygen atoms in total. The van der Waals surface area contributed by atoms with Crippen molar-refractivity contribution >= 4 is 23.3 Å². The first-order valence-corrected chi connectivity index (χ1v) is 9.19. The zero-order valence-corrected chi connectivity index (χ0v) is 15.1. The molecule has 3 rings (SSSR count). The maximum absolute atomic E-state index is 13.2. The molecule has 1 aromatic carbocycles. The highest BCUT2D eigenvalue weighted by atomic mass is 16.5. The number of Topliss-reactive ketones (excluding diaryl/α,β-unsaturated/α-hetero) is 1. The lowest BCUT2D eigenvalue weighted by Crippen LogP contribution is -2.54. The van der Waals surface area contributed by atoms with Crippen molar-refractivity contribution in [1.29, 1.82) is 0 Å². The first kappa shape index (κ1) is 19.1. The Hall–Kier alpha value is -2.67. The van der Waals surface area contributed by atoms with Crippen LogP contribution in [0, 0.1) is 5.92 Å². The number of aromatic hydroxyl groups is 1. The second-order valence-electron chi connectivity index (χ2n) is 6.88. The zero-order chi connectivity index (χ0) is 19.4. The molecule has 0 aromatic heterocycles. The lowest BCUT2D eigenvalue weighted by atomic mass is 9.82. The minimum Gasteiger partial charge on any atom is -0.507 e. The SMILES string of the molecule is C=CC(=O)Nc1ccc(O)c(C(=O)N2CCOCC2C2CCCCC2=O)c1. The van der Waals surface area contributed by atoms with E-state index in [4.69, 9.17) is 4.74 Å². The Balaban J connectivity index is 1.86. The molecule has 0 radical (unpaired) electrons. The van der Waals surface area contributed by atoms with Gasteiger partial charge in [-0.05, 0) is 37.1 Å². The highest BCUT2D eigenvalue weighted by Gasteiger charge is 2.39. The quantitative estimate of drug-likeness (QED) is 0.623. The number of phenols is 1. The smallest absolute Gasteiger partial charge is 0.258 e. The van der Waals surface area contributed by atoms with E-state index in [9.17, 15) is 19.5 Å². The molecule has 2 atom stereocenters. The van der Waals surface area contributed by atoms with Gasteiger partial charge in [0, 0.05) is 24.6 Å². The van der Waals surface area contributed by atoms with E-state index in [2.05, 4.69) is 11.9 Å². The topological polar surface area (TPSA) is 95.9 Å². The number of hydrogen-bond acceptors (Lipinski definition) is 5. The molecule has 1 aliphatic heterocycles. The van der Waals surface area contributed by atoms with Gasteiger partial charge in [-0.2, -0.15) is 0 Å². The van der Waals surface area contributed by atoms with Gasteiger partial charge in [0.2, 0.25) is 5.91 Å². The average Bonchev–Trinajstić information content (AvgIpc) is 2.69. The predicted octanol–water partition coefficient (Wildman–Crippen LogP) is 2.12. The molecule has 27 heavy (non-hydrogen) atoms. The number of hydrogen-bond donors (Lipinski definition) is 2. The van der Waals surface area contributed by atoms with E-state index in [0.717, 1.165) is 25.3 Å². The van der Waals surface area contributed by atoms with Crippen LogP contribution in [0.3, 0.4) is 0 Å². The Morgan fingerprint density at radius 3 is 2.89 bits per heavy atom. The number of carbonyl (C=O) groups excluding carboxylic acids is 3. The van der Waals surface area contributed by atoms with Crippen LogP contribution in [0.25, 0.3) is 0 Å². The van der Waals surface area contributed by atoms with E-state index in [1.165, 1.54) is 18.2 Å². The lowest BCUT2D eigenvalue weighted by molar-refractivity contribution is -0.129. The summed E-state index contributed by atoms with van der Waals surface area (Å²) in [4.78, 5) is 38.7. The summed E-state index contributed by atoms with van der Waals surface area (Å²) in [5.74, 6) is -0.999. The van der Waals surface area contributed by atoms with Gasteiger partial charge in [-0.1, -0.05) is 13.0 Å². The monoisotopic (exact) mass is 372 g/mol. The number of ether oxygens (including phenoxy) is 1. The van der Waals surface area contributed by atoms with Crippen LogP contribution < -0.4 is 5.32 Å². The third-order valence-electron chi connectivity index (χ3n) is 5.17. The van der Waals surface area contributed by atoms with E-state index in [1.807, 2.05) is 0 Å². The van der Waals surface area contributed by atoms with Gasteiger partial charge in [0.15, 0.2) is 0 Å². The Morgan fingerprint density at radius 2 is 2.15 bits per heavy atom. The lowest BCUT2D eigenvalue weighted by Gasteiger charge is -2.41. The number of phenolic OH excluding ortho intramolecular Hbond substituents is 1. The molecular weight excluding hydrogens is 348 g/mol. The highest BCUT2D eigenvalue weighted by molar-refractivity contribution is 6.02. The molecule has 0 bridgehead atoms. The summed E-state index contributed by atoms with van der Waals surface area (Å²) in [7, 11) is 0. The Morgan fingerprint density at radius 1 is 1.33 bits per heavy atom. The highest BCUT2D eigenvalue weighted by Crippen LogP contribution is 2.31. The fourth-order valence-corrected chi connectivity index (χ4v) is 3.76. The first-order valence-electron chi connectivity index (χ1n) is 9.19. The van der Waals surface area contributed by atoms with Crippen LogP contribution in [0.4, 0.5) is 5.69 Å². The standard InChI is InChI=1S/C20H24N2O5/c1-2-19(25)21-13-7-8-18(24)15(11-13)20(26)22-9-10-27-12-16(22)14-5-3-4-6-17(14)23/h2,7-8,11,14,16,24H,1,3-6,9-10,12H2,(H,21,25). The maximum Gasteiger partial charge on any atom is 0.258 e. The molecule has 2 fully saturated rings. The number of carbonyl (C=O) groups is 3. The number of amides is 2. The maximum atomic E-state index is 13.2. The molecule has 144 valence electrons.